The molecule has 1 aliphatic heterocycles. The average Bonchev–Trinajstić information content (AvgIpc) is 1.61. The number of rotatable bonds is 0. The van der Waals surface area contributed by atoms with Crippen molar-refractivity contribution in [3.8, 4) is 0 Å². The molecule has 1 rings (SSSR count). The smallest absolute Gasteiger partial charge is 0.0539 e. The van der Waals surface area contributed by atoms with Crippen molar-refractivity contribution in [1.82, 2.24) is 0 Å². The van der Waals surface area contributed by atoms with Crippen LogP contribution in [0.3, 0.4) is 0 Å². The third-order valence-corrected chi connectivity index (χ3v) is 0.901. The predicted molar refractivity (Wildman–Crippen MR) is 24.6 cm³/mol. The second-order valence-electron chi connectivity index (χ2n) is 2.30. The minimum atomic E-state index is 0.208. The SMILES string of the molecule is [2H]CC1(C)COC1. The van der Waals surface area contributed by atoms with E-state index in [1.807, 2.05) is 0 Å². The third-order valence-electron chi connectivity index (χ3n) is 0.901. The fraction of sp³-hybridized carbons (Fsp3) is 1.00. The fourth-order valence-electron chi connectivity index (χ4n) is 0.451. The maximum absolute atomic E-state index is 6.98. The highest BCUT2D eigenvalue weighted by Gasteiger charge is 2.26. The molecule has 0 radical (unpaired) electrons. The molecule has 6 heavy (non-hydrogen) atoms. The van der Waals surface area contributed by atoms with Crippen molar-refractivity contribution in [2.24, 2.45) is 5.41 Å². The Morgan fingerprint density at radius 3 is 2.50 bits per heavy atom. The molecule has 0 aromatic rings. The van der Waals surface area contributed by atoms with Crippen LogP contribution in [0.5, 0.6) is 0 Å². The van der Waals surface area contributed by atoms with E-state index >= 15 is 0 Å². The van der Waals surface area contributed by atoms with E-state index < -0.39 is 0 Å². The summed E-state index contributed by atoms with van der Waals surface area (Å²) >= 11 is 0. The van der Waals surface area contributed by atoms with E-state index in [2.05, 4.69) is 6.92 Å². The lowest BCUT2D eigenvalue weighted by Gasteiger charge is -2.33. The van der Waals surface area contributed by atoms with Crippen molar-refractivity contribution in [1.29, 1.82) is 0 Å². The van der Waals surface area contributed by atoms with Gasteiger partial charge < -0.3 is 4.74 Å². The zero-order chi connectivity index (χ0) is 5.33. The molecule has 0 N–H and O–H groups in total. The third kappa shape index (κ3) is 0.548. The molecule has 0 unspecified atom stereocenters. The van der Waals surface area contributed by atoms with E-state index in [4.69, 9.17) is 6.11 Å². The molecule has 36 valence electrons. The van der Waals surface area contributed by atoms with Gasteiger partial charge in [-0.05, 0) is 0 Å². The zero-order valence-electron chi connectivity index (χ0n) is 5.03. The summed E-state index contributed by atoms with van der Waals surface area (Å²) in [7, 11) is 0. The Balaban J connectivity index is 2.29. The zero-order valence-corrected chi connectivity index (χ0v) is 4.03. The van der Waals surface area contributed by atoms with Crippen LogP contribution in [0.1, 0.15) is 15.2 Å². The van der Waals surface area contributed by atoms with Gasteiger partial charge in [-0.1, -0.05) is 13.8 Å². The first-order valence-electron chi connectivity index (χ1n) is 2.85. The van der Waals surface area contributed by atoms with Crippen molar-refractivity contribution < 1.29 is 6.11 Å². The average molecular weight is 87.1 g/mol. The molecule has 0 bridgehead atoms. The van der Waals surface area contributed by atoms with Gasteiger partial charge in [0.25, 0.3) is 0 Å². The van der Waals surface area contributed by atoms with Gasteiger partial charge in [0.05, 0.1) is 13.2 Å². The minimum Gasteiger partial charge on any atom is -0.380 e. The maximum atomic E-state index is 6.98. The van der Waals surface area contributed by atoms with E-state index in [9.17, 15) is 0 Å². The molecular formula is C5H10O. The quantitative estimate of drug-likeness (QED) is 0.429. The van der Waals surface area contributed by atoms with Gasteiger partial charge in [0.1, 0.15) is 0 Å². The molecule has 1 saturated heterocycles. The van der Waals surface area contributed by atoms with Crippen LogP contribution in [0.15, 0.2) is 0 Å². The van der Waals surface area contributed by atoms with Gasteiger partial charge in [-0.15, -0.1) is 0 Å². The summed E-state index contributed by atoms with van der Waals surface area (Å²) in [6, 6.07) is 0. The highest BCUT2D eigenvalue weighted by atomic mass is 16.5. The predicted octanol–water partition coefficient (Wildman–Crippen LogP) is 1.04. The van der Waals surface area contributed by atoms with Crippen LogP contribution in [-0.4, -0.2) is 13.2 Å². The van der Waals surface area contributed by atoms with Crippen LogP contribution in [0.2, 0.25) is 0 Å². The van der Waals surface area contributed by atoms with Crippen LogP contribution < -0.4 is 0 Å². The molecule has 0 aromatic heterocycles. The minimum absolute atomic E-state index is 0.208. The van der Waals surface area contributed by atoms with Crippen LogP contribution in [0.4, 0.5) is 0 Å². The summed E-state index contributed by atoms with van der Waals surface area (Å²) in [4.78, 5) is 0. The van der Waals surface area contributed by atoms with E-state index in [0.29, 0.717) is 6.90 Å². The normalized spacial score (nSPS) is 31.2. The Bertz CT molecular complexity index is 63.0. The lowest BCUT2D eigenvalue weighted by atomic mass is 9.92. The van der Waals surface area contributed by atoms with Gasteiger partial charge in [0.2, 0.25) is 0 Å². The molecule has 1 aliphatic rings. The summed E-state index contributed by atoms with van der Waals surface area (Å²) in [5.74, 6) is 0. The summed E-state index contributed by atoms with van der Waals surface area (Å²) in [6.07, 6.45) is 0. The van der Waals surface area contributed by atoms with Gasteiger partial charge in [0, 0.05) is 6.79 Å². The van der Waals surface area contributed by atoms with Crippen molar-refractivity contribution in [2.75, 3.05) is 13.2 Å². The van der Waals surface area contributed by atoms with Crippen molar-refractivity contribution in [3.05, 3.63) is 0 Å². The van der Waals surface area contributed by atoms with E-state index in [-0.39, 0.29) is 5.41 Å². The first-order valence-corrected chi connectivity index (χ1v) is 2.14. The van der Waals surface area contributed by atoms with E-state index in [1.54, 1.807) is 0 Å². The molecule has 0 saturated carbocycles. The molecular weight excluding hydrogens is 76.1 g/mol. The maximum Gasteiger partial charge on any atom is 0.0539 e. The number of hydrogen-bond donors (Lipinski definition) is 0. The summed E-state index contributed by atoms with van der Waals surface area (Å²) < 4.78 is 11.9. The highest BCUT2D eigenvalue weighted by molar-refractivity contribution is 4.73. The van der Waals surface area contributed by atoms with Gasteiger partial charge >= 0.3 is 0 Å². The van der Waals surface area contributed by atoms with Gasteiger partial charge in [-0.25, -0.2) is 0 Å². The molecule has 1 heterocycles. The molecule has 0 atom stereocenters. The molecule has 0 aliphatic carbocycles. The van der Waals surface area contributed by atoms with Crippen molar-refractivity contribution >= 4 is 0 Å². The first kappa shape index (κ1) is 3.03. The molecule has 0 spiro atoms. The molecule has 1 heteroatoms. The molecule has 0 aromatic carbocycles. The van der Waals surface area contributed by atoms with Crippen LogP contribution >= 0.6 is 0 Å². The first-order chi connectivity index (χ1) is 3.27. The van der Waals surface area contributed by atoms with Crippen molar-refractivity contribution in [3.63, 3.8) is 0 Å². The fourth-order valence-corrected chi connectivity index (χ4v) is 0.451. The summed E-state index contributed by atoms with van der Waals surface area (Å²) in [6.45, 7) is 4.16. The summed E-state index contributed by atoms with van der Waals surface area (Å²) in [5, 5.41) is 0. The lowest BCUT2D eigenvalue weighted by Crippen LogP contribution is -2.36. The van der Waals surface area contributed by atoms with E-state index in [1.165, 1.54) is 0 Å². The van der Waals surface area contributed by atoms with Gasteiger partial charge in [-0.2, -0.15) is 0 Å². The highest BCUT2D eigenvalue weighted by Crippen LogP contribution is 2.24. The lowest BCUT2D eigenvalue weighted by molar-refractivity contribution is -0.0892. The Kier molecular flexibility index (Phi) is 0.489. The monoisotopic (exact) mass is 87.1 g/mol. The number of ether oxygens (including phenoxy) is 1. The Hall–Kier alpha value is -0.0400. The van der Waals surface area contributed by atoms with E-state index in [0.717, 1.165) is 13.2 Å². The van der Waals surface area contributed by atoms with Crippen LogP contribution in [0, 0.1) is 5.41 Å². The number of hydrogen-bond acceptors (Lipinski definition) is 1. The second-order valence-corrected chi connectivity index (χ2v) is 2.30. The Morgan fingerprint density at radius 2 is 2.50 bits per heavy atom. The summed E-state index contributed by atoms with van der Waals surface area (Å²) in [5.41, 5.74) is 0.208. The molecule has 1 nitrogen and oxygen atoms in total. The molecule has 0 amide bonds. The Morgan fingerprint density at radius 1 is 1.83 bits per heavy atom. The second kappa shape index (κ2) is 0.969. The van der Waals surface area contributed by atoms with Gasteiger partial charge in [-0.3, -0.25) is 0 Å². The van der Waals surface area contributed by atoms with Crippen molar-refractivity contribution in [2.45, 2.75) is 13.8 Å². The molecule has 1 fully saturated rings. The van der Waals surface area contributed by atoms with Crippen LogP contribution in [0.25, 0.3) is 0 Å². The van der Waals surface area contributed by atoms with Gasteiger partial charge in [0.15, 0.2) is 0 Å². The standard InChI is InChI=1S/C5H10O/c1-5(2)3-6-4-5/h3-4H2,1-2H3/i1D. The van der Waals surface area contributed by atoms with Crippen LogP contribution in [-0.2, 0) is 4.74 Å². The topological polar surface area (TPSA) is 9.23 Å². The Labute approximate surface area is 39.7 Å². The largest absolute Gasteiger partial charge is 0.380 e.